The van der Waals surface area contributed by atoms with Crippen molar-refractivity contribution in [3.05, 3.63) is 67.5 Å². The number of hydrogen-bond acceptors (Lipinski definition) is 1. The van der Waals surface area contributed by atoms with E-state index in [4.69, 9.17) is 0 Å². The zero-order valence-corrected chi connectivity index (χ0v) is 14.2. The van der Waals surface area contributed by atoms with Crippen molar-refractivity contribution in [3.8, 4) is 0 Å². The molecule has 0 bridgehead atoms. The topological polar surface area (TPSA) is 12.0 Å². The minimum absolute atomic E-state index is 0.0843. The van der Waals surface area contributed by atoms with E-state index in [1.54, 1.807) is 6.07 Å². The molecule has 0 aliphatic heterocycles. The molecule has 0 heterocycles. The van der Waals surface area contributed by atoms with E-state index in [0.717, 1.165) is 15.6 Å². The van der Waals surface area contributed by atoms with Gasteiger partial charge in [0, 0.05) is 14.1 Å². The molecule has 0 aliphatic rings. The first-order valence-corrected chi connectivity index (χ1v) is 7.84. The van der Waals surface area contributed by atoms with Crippen LogP contribution in [0.2, 0.25) is 0 Å². The molecule has 19 heavy (non-hydrogen) atoms. The zero-order valence-electron chi connectivity index (χ0n) is 10.5. The molecule has 1 atom stereocenters. The van der Waals surface area contributed by atoms with Gasteiger partial charge in [-0.15, -0.1) is 0 Å². The molecule has 1 N–H and O–H groups in total. The van der Waals surface area contributed by atoms with Gasteiger partial charge in [0.25, 0.3) is 0 Å². The average Bonchev–Trinajstić information content (AvgIpc) is 2.41. The molecule has 0 fully saturated rings. The van der Waals surface area contributed by atoms with Crippen LogP contribution in [-0.2, 0) is 6.42 Å². The van der Waals surface area contributed by atoms with Gasteiger partial charge in [0.1, 0.15) is 5.82 Å². The second kappa shape index (κ2) is 6.81. The number of nitrogens with one attached hydrogen (secondary N) is 1. The summed E-state index contributed by atoms with van der Waals surface area (Å²) in [6.45, 7) is 0. The summed E-state index contributed by atoms with van der Waals surface area (Å²) in [4.78, 5) is 0. The Hall–Kier alpha value is -0.460. The van der Waals surface area contributed by atoms with Crippen LogP contribution in [0.25, 0.3) is 0 Å². The summed E-state index contributed by atoms with van der Waals surface area (Å²) in [5.41, 5.74) is 1.88. The van der Waals surface area contributed by atoms with Gasteiger partial charge in [0.15, 0.2) is 0 Å². The maximum Gasteiger partial charge on any atom is 0.126 e. The van der Waals surface area contributed by atoms with Crippen molar-refractivity contribution < 1.29 is 4.39 Å². The molecule has 0 spiro atoms. The molecule has 0 amide bonds. The van der Waals surface area contributed by atoms with Crippen molar-refractivity contribution in [3.63, 3.8) is 0 Å². The van der Waals surface area contributed by atoms with Crippen molar-refractivity contribution in [1.29, 1.82) is 0 Å². The van der Waals surface area contributed by atoms with E-state index in [0.29, 0.717) is 6.42 Å². The third kappa shape index (κ3) is 3.77. The van der Waals surface area contributed by atoms with Crippen LogP contribution in [0.3, 0.4) is 0 Å². The number of hydrogen-bond donors (Lipinski definition) is 1. The lowest BCUT2D eigenvalue weighted by molar-refractivity contribution is 0.553. The Morgan fingerprint density at radius 2 is 2.00 bits per heavy atom. The minimum atomic E-state index is -0.149. The minimum Gasteiger partial charge on any atom is -0.313 e. The summed E-state index contributed by atoms with van der Waals surface area (Å²) in [7, 11) is 1.90. The van der Waals surface area contributed by atoms with E-state index in [1.165, 1.54) is 9.64 Å². The van der Waals surface area contributed by atoms with E-state index in [1.807, 2.05) is 31.3 Å². The van der Waals surface area contributed by atoms with Gasteiger partial charge in [0.05, 0.1) is 0 Å². The lowest BCUT2D eigenvalue weighted by Crippen LogP contribution is -2.20. The average molecular weight is 434 g/mol. The predicted octanol–water partition coefficient (Wildman–Crippen LogP) is 4.70. The van der Waals surface area contributed by atoms with Gasteiger partial charge in [0.2, 0.25) is 0 Å². The molecule has 1 nitrogen and oxygen atoms in total. The van der Waals surface area contributed by atoms with Gasteiger partial charge in [-0.1, -0.05) is 34.1 Å². The summed E-state index contributed by atoms with van der Waals surface area (Å²) in [6.07, 6.45) is 0.627. The zero-order chi connectivity index (χ0) is 13.8. The SMILES string of the molecule is CNC(Cc1ccccc1F)c1cc(I)ccc1Br. The monoisotopic (exact) mass is 433 g/mol. The molecule has 0 aromatic heterocycles. The fraction of sp³-hybridized carbons (Fsp3) is 0.200. The maximum atomic E-state index is 13.7. The number of benzene rings is 2. The molecule has 0 saturated carbocycles. The van der Waals surface area contributed by atoms with Crippen molar-refractivity contribution >= 4 is 38.5 Å². The second-order valence-corrected chi connectivity index (χ2v) is 6.40. The Bertz CT molecular complexity index is 574. The fourth-order valence-corrected chi connectivity index (χ4v) is 3.07. The lowest BCUT2D eigenvalue weighted by Gasteiger charge is -2.19. The number of likely N-dealkylation sites (N-methyl/N-ethyl adjacent to an activating group) is 1. The van der Waals surface area contributed by atoms with Crippen LogP contribution >= 0.6 is 38.5 Å². The molecule has 0 aliphatic carbocycles. The van der Waals surface area contributed by atoms with Crippen LogP contribution in [0.15, 0.2) is 46.9 Å². The molecule has 2 aromatic carbocycles. The van der Waals surface area contributed by atoms with Crippen LogP contribution in [-0.4, -0.2) is 7.05 Å². The van der Waals surface area contributed by atoms with Crippen molar-refractivity contribution in [2.45, 2.75) is 12.5 Å². The molecule has 4 heteroatoms. The van der Waals surface area contributed by atoms with Crippen LogP contribution < -0.4 is 5.32 Å². The summed E-state index contributed by atoms with van der Waals surface area (Å²) in [5.74, 6) is -0.149. The van der Waals surface area contributed by atoms with Crippen molar-refractivity contribution in [1.82, 2.24) is 5.32 Å². The first kappa shape index (κ1) is 14.9. The van der Waals surface area contributed by atoms with Crippen molar-refractivity contribution in [2.24, 2.45) is 0 Å². The first-order chi connectivity index (χ1) is 9.11. The smallest absolute Gasteiger partial charge is 0.126 e. The Morgan fingerprint density at radius 3 is 2.68 bits per heavy atom. The second-order valence-electron chi connectivity index (χ2n) is 4.30. The predicted molar refractivity (Wildman–Crippen MR) is 88.8 cm³/mol. The maximum absolute atomic E-state index is 13.7. The van der Waals surface area contributed by atoms with Gasteiger partial charge in [-0.3, -0.25) is 0 Å². The highest BCUT2D eigenvalue weighted by molar-refractivity contribution is 14.1. The highest BCUT2D eigenvalue weighted by Crippen LogP contribution is 2.28. The number of halogens is 3. The van der Waals surface area contributed by atoms with Gasteiger partial charge < -0.3 is 5.32 Å². The summed E-state index contributed by atoms with van der Waals surface area (Å²) >= 11 is 5.85. The normalized spacial score (nSPS) is 12.4. The lowest BCUT2D eigenvalue weighted by atomic mass is 9.99. The Balaban J connectivity index is 2.30. The Kier molecular flexibility index (Phi) is 5.36. The van der Waals surface area contributed by atoms with Gasteiger partial charge in [-0.05, 0) is 71.5 Å². The molecular formula is C15H14BrFIN. The van der Waals surface area contributed by atoms with Gasteiger partial charge in [-0.25, -0.2) is 4.39 Å². The molecule has 100 valence electrons. The Labute approximate surface area is 134 Å². The van der Waals surface area contributed by atoms with Crippen LogP contribution in [0, 0.1) is 9.39 Å². The molecule has 2 aromatic rings. The molecule has 2 rings (SSSR count). The van der Waals surface area contributed by atoms with Crippen molar-refractivity contribution in [2.75, 3.05) is 7.05 Å². The first-order valence-electron chi connectivity index (χ1n) is 5.97. The van der Waals surface area contributed by atoms with Crippen LogP contribution in [0.1, 0.15) is 17.2 Å². The molecular weight excluding hydrogens is 420 g/mol. The summed E-state index contributed by atoms with van der Waals surface area (Å²) in [6, 6.07) is 13.2. The van der Waals surface area contributed by atoms with E-state index < -0.39 is 0 Å². The van der Waals surface area contributed by atoms with Gasteiger partial charge >= 0.3 is 0 Å². The van der Waals surface area contributed by atoms with E-state index >= 15 is 0 Å². The molecule has 0 saturated heterocycles. The quantitative estimate of drug-likeness (QED) is 0.689. The summed E-state index contributed by atoms with van der Waals surface area (Å²) < 4.78 is 16.0. The van der Waals surface area contributed by atoms with E-state index in [9.17, 15) is 4.39 Å². The van der Waals surface area contributed by atoms with E-state index in [-0.39, 0.29) is 11.9 Å². The molecule has 0 radical (unpaired) electrons. The highest BCUT2D eigenvalue weighted by atomic mass is 127. The van der Waals surface area contributed by atoms with Crippen LogP contribution in [0.4, 0.5) is 4.39 Å². The fourth-order valence-electron chi connectivity index (χ4n) is 2.03. The standard InChI is InChI=1S/C15H14BrFIN/c1-19-15(8-10-4-2-3-5-14(10)17)12-9-11(18)6-7-13(12)16/h2-7,9,15,19H,8H2,1H3. The van der Waals surface area contributed by atoms with E-state index in [2.05, 4.69) is 49.9 Å². The van der Waals surface area contributed by atoms with Crippen LogP contribution in [0.5, 0.6) is 0 Å². The number of rotatable bonds is 4. The third-order valence-electron chi connectivity index (χ3n) is 3.06. The summed E-state index contributed by atoms with van der Waals surface area (Å²) in [5, 5.41) is 3.26. The van der Waals surface area contributed by atoms with Gasteiger partial charge in [-0.2, -0.15) is 0 Å². The Morgan fingerprint density at radius 1 is 1.26 bits per heavy atom. The largest absolute Gasteiger partial charge is 0.313 e. The molecule has 1 unspecified atom stereocenters. The third-order valence-corrected chi connectivity index (χ3v) is 4.46. The highest BCUT2D eigenvalue weighted by Gasteiger charge is 2.15.